The summed E-state index contributed by atoms with van der Waals surface area (Å²) in [5.41, 5.74) is 2.15. The van der Waals surface area contributed by atoms with Crippen LogP contribution in [0.1, 0.15) is 43.7 Å². The van der Waals surface area contributed by atoms with Crippen LogP contribution in [0.5, 0.6) is 0 Å². The van der Waals surface area contributed by atoms with Crippen LogP contribution in [-0.2, 0) is 17.8 Å². The second kappa shape index (κ2) is 6.73. The van der Waals surface area contributed by atoms with E-state index in [0.717, 1.165) is 39.1 Å². The lowest BCUT2D eigenvalue weighted by Crippen LogP contribution is -2.47. The van der Waals surface area contributed by atoms with Crippen LogP contribution in [0.2, 0.25) is 0 Å². The first kappa shape index (κ1) is 17.0. The van der Waals surface area contributed by atoms with Crippen LogP contribution in [0.15, 0.2) is 24.3 Å². The number of fused-ring (bicyclic) bond motifs is 1. The molecule has 0 aromatic heterocycles. The zero-order chi connectivity index (χ0) is 17.4. The first-order valence-corrected chi connectivity index (χ1v) is 9.85. The van der Waals surface area contributed by atoms with Crippen molar-refractivity contribution in [3.63, 3.8) is 0 Å². The number of nitrogens with zero attached hydrogens (tertiary/aromatic N) is 2. The van der Waals surface area contributed by atoms with Gasteiger partial charge in [0, 0.05) is 39.1 Å². The minimum Gasteiger partial charge on any atom is -0.388 e. The number of benzene rings is 1. The number of hydrogen-bond donors (Lipinski definition) is 1. The molecule has 0 radical (unpaired) electrons. The maximum Gasteiger partial charge on any atom is 0.224 e. The average molecular weight is 342 g/mol. The summed E-state index contributed by atoms with van der Waals surface area (Å²) in [6.45, 7) is 6.19. The second-order valence-corrected chi connectivity index (χ2v) is 8.34. The predicted octanol–water partition coefficient (Wildman–Crippen LogP) is 2.44. The van der Waals surface area contributed by atoms with Crippen molar-refractivity contribution in [3.05, 3.63) is 35.4 Å². The third-order valence-corrected chi connectivity index (χ3v) is 6.80. The molecule has 1 saturated carbocycles. The van der Waals surface area contributed by atoms with Gasteiger partial charge < -0.3 is 10.0 Å². The smallest absolute Gasteiger partial charge is 0.224 e. The van der Waals surface area contributed by atoms with Crippen LogP contribution in [0.4, 0.5) is 0 Å². The lowest BCUT2D eigenvalue weighted by atomic mass is 9.69. The van der Waals surface area contributed by atoms with Crippen molar-refractivity contribution in [1.29, 1.82) is 0 Å². The van der Waals surface area contributed by atoms with Gasteiger partial charge in [0.15, 0.2) is 0 Å². The van der Waals surface area contributed by atoms with Crippen molar-refractivity contribution < 1.29 is 9.90 Å². The number of β-amino-alcohol motifs (C(OH)–C–C–N with tert-alkyl or cyclic N) is 1. The van der Waals surface area contributed by atoms with Gasteiger partial charge in [-0.25, -0.2) is 0 Å². The molecule has 25 heavy (non-hydrogen) atoms. The Labute approximate surface area is 150 Å². The van der Waals surface area contributed by atoms with E-state index < -0.39 is 5.60 Å². The highest BCUT2D eigenvalue weighted by atomic mass is 16.3. The van der Waals surface area contributed by atoms with E-state index >= 15 is 0 Å². The van der Waals surface area contributed by atoms with Crippen LogP contribution in [0, 0.1) is 11.8 Å². The highest BCUT2D eigenvalue weighted by Crippen LogP contribution is 2.44. The largest absolute Gasteiger partial charge is 0.388 e. The van der Waals surface area contributed by atoms with Crippen LogP contribution in [0.3, 0.4) is 0 Å². The molecule has 1 aliphatic carbocycles. The standard InChI is InChI=1S/C21H30N2O2/c1-16-13-22(15-21(16,25)19-7-4-8-19)11-10-20(24)23-12-9-17-5-2-3-6-18(17)14-23/h2-3,5-6,16,19,25H,4,7-15H2,1H3/t16-,21+/m1/s1. The second-order valence-electron chi connectivity index (χ2n) is 8.34. The summed E-state index contributed by atoms with van der Waals surface area (Å²) >= 11 is 0. The Bertz CT molecular complexity index is 643. The van der Waals surface area contributed by atoms with E-state index in [1.807, 2.05) is 4.90 Å². The van der Waals surface area contributed by atoms with Crippen LogP contribution >= 0.6 is 0 Å². The fourth-order valence-electron chi connectivity index (χ4n) is 4.85. The Morgan fingerprint density at radius 1 is 1.28 bits per heavy atom. The molecule has 4 heteroatoms. The monoisotopic (exact) mass is 342 g/mol. The minimum atomic E-state index is -0.522. The summed E-state index contributed by atoms with van der Waals surface area (Å²) < 4.78 is 0. The highest BCUT2D eigenvalue weighted by molar-refractivity contribution is 5.76. The number of carbonyl (C=O) groups excluding carboxylic acids is 1. The molecule has 1 saturated heterocycles. The summed E-state index contributed by atoms with van der Waals surface area (Å²) in [4.78, 5) is 16.9. The molecular weight excluding hydrogens is 312 g/mol. The molecule has 2 heterocycles. The SMILES string of the molecule is C[C@@H]1CN(CCC(=O)N2CCc3ccccc3C2)C[C@@]1(O)C1CCC1. The van der Waals surface area contributed by atoms with Crippen molar-refractivity contribution in [1.82, 2.24) is 9.80 Å². The molecule has 1 aromatic carbocycles. The predicted molar refractivity (Wildman–Crippen MR) is 98.1 cm³/mol. The topological polar surface area (TPSA) is 43.8 Å². The Hall–Kier alpha value is -1.39. The summed E-state index contributed by atoms with van der Waals surface area (Å²) in [6.07, 6.45) is 5.12. The van der Waals surface area contributed by atoms with Gasteiger partial charge in [0.2, 0.25) is 5.91 Å². The van der Waals surface area contributed by atoms with Crippen molar-refractivity contribution >= 4 is 5.91 Å². The number of carbonyl (C=O) groups is 1. The Morgan fingerprint density at radius 2 is 2.04 bits per heavy atom. The number of rotatable bonds is 4. The number of hydrogen-bond acceptors (Lipinski definition) is 3. The molecule has 1 N–H and O–H groups in total. The van der Waals surface area contributed by atoms with Gasteiger partial charge in [0.25, 0.3) is 0 Å². The lowest BCUT2D eigenvalue weighted by Gasteiger charge is -2.41. The van der Waals surface area contributed by atoms with Crippen LogP contribution in [0.25, 0.3) is 0 Å². The van der Waals surface area contributed by atoms with Crippen molar-refractivity contribution in [2.45, 2.75) is 51.2 Å². The van der Waals surface area contributed by atoms with E-state index in [4.69, 9.17) is 0 Å². The molecule has 0 spiro atoms. The molecule has 0 bridgehead atoms. The summed E-state index contributed by atoms with van der Waals surface area (Å²) in [5.74, 6) is 1.04. The molecule has 2 atom stereocenters. The highest BCUT2D eigenvalue weighted by Gasteiger charge is 2.49. The zero-order valence-corrected chi connectivity index (χ0v) is 15.3. The first-order valence-electron chi connectivity index (χ1n) is 9.85. The molecular formula is C21H30N2O2. The number of aliphatic hydroxyl groups is 1. The lowest BCUT2D eigenvalue weighted by molar-refractivity contribution is -0.132. The van der Waals surface area contributed by atoms with Gasteiger partial charge >= 0.3 is 0 Å². The fourth-order valence-corrected chi connectivity index (χ4v) is 4.85. The molecule has 1 amide bonds. The van der Waals surface area contributed by atoms with Gasteiger partial charge in [-0.1, -0.05) is 37.6 Å². The minimum absolute atomic E-state index is 0.251. The zero-order valence-electron chi connectivity index (χ0n) is 15.3. The Kier molecular flexibility index (Phi) is 4.59. The maximum atomic E-state index is 12.6. The van der Waals surface area contributed by atoms with Gasteiger partial charge in [-0.3, -0.25) is 9.69 Å². The van der Waals surface area contributed by atoms with Gasteiger partial charge in [-0.15, -0.1) is 0 Å². The summed E-state index contributed by atoms with van der Waals surface area (Å²) in [5, 5.41) is 11.0. The Morgan fingerprint density at radius 3 is 2.76 bits per heavy atom. The molecule has 4 rings (SSSR count). The third-order valence-electron chi connectivity index (χ3n) is 6.80. The van der Waals surface area contributed by atoms with E-state index in [0.29, 0.717) is 18.3 Å². The average Bonchev–Trinajstić information content (AvgIpc) is 2.85. The van der Waals surface area contributed by atoms with Gasteiger partial charge in [0.1, 0.15) is 0 Å². The summed E-state index contributed by atoms with van der Waals surface area (Å²) in [7, 11) is 0. The maximum absolute atomic E-state index is 12.6. The van der Waals surface area contributed by atoms with E-state index in [1.165, 1.54) is 30.4 Å². The number of amides is 1. The summed E-state index contributed by atoms with van der Waals surface area (Å²) in [6, 6.07) is 8.44. The molecule has 0 unspecified atom stereocenters. The van der Waals surface area contributed by atoms with Crippen LogP contribution < -0.4 is 0 Å². The van der Waals surface area contributed by atoms with Crippen molar-refractivity contribution in [2.24, 2.45) is 11.8 Å². The quantitative estimate of drug-likeness (QED) is 0.914. The van der Waals surface area contributed by atoms with Crippen molar-refractivity contribution in [2.75, 3.05) is 26.2 Å². The van der Waals surface area contributed by atoms with Crippen molar-refractivity contribution in [3.8, 4) is 0 Å². The van der Waals surface area contributed by atoms with Gasteiger partial charge in [0.05, 0.1) is 5.60 Å². The first-order chi connectivity index (χ1) is 12.1. The molecule has 4 nitrogen and oxygen atoms in total. The number of likely N-dealkylation sites (tertiary alicyclic amines) is 1. The van der Waals surface area contributed by atoms with E-state index in [9.17, 15) is 9.90 Å². The van der Waals surface area contributed by atoms with E-state index in [1.54, 1.807) is 0 Å². The van der Waals surface area contributed by atoms with E-state index in [2.05, 4.69) is 36.1 Å². The van der Waals surface area contributed by atoms with Gasteiger partial charge in [-0.2, -0.15) is 0 Å². The molecule has 2 fully saturated rings. The van der Waals surface area contributed by atoms with Crippen LogP contribution in [-0.4, -0.2) is 52.6 Å². The molecule has 2 aliphatic heterocycles. The normalized spacial score (nSPS) is 30.2. The van der Waals surface area contributed by atoms with E-state index in [-0.39, 0.29) is 5.91 Å². The Balaban J connectivity index is 1.30. The fraction of sp³-hybridized carbons (Fsp3) is 0.667. The molecule has 1 aromatic rings. The third kappa shape index (κ3) is 3.22. The molecule has 3 aliphatic rings. The van der Waals surface area contributed by atoms with Gasteiger partial charge in [-0.05, 0) is 42.2 Å². The molecule has 136 valence electrons.